The van der Waals surface area contributed by atoms with E-state index in [1.54, 1.807) is 0 Å². The SMILES string of the molecule is CC(C)n1c(-c2cccc(Oc3ccc4c(c3)c3nc5ccccc5n3c3cccnc43)c2)nc2ccccc21. The van der Waals surface area contributed by atoms with Gasteiger partial charge < -0.3 is 9.30 Å². The van der Waals surface area contributed by atoms with Gasteiger partial charge in [0, 0.05) is 28.6 Å². The summed E-state index contributed by atoms with van der Waals surface area (Å²) in [4.78, 5) is 14.7. The van der Waals surface area contributed by atoms with Crippen LogP contribution in [0.5, 0.6) is 11.5 Å². The highest BCUT2D eigenvalue weighted by Gasteiger charge is 2.17. The predicted molar refractivity (Wildman–Crippen MR) is 161 cm³/mol. The van der Waals surface area contributed by atoms with E-state index in [9.17, 15) is 0 Å². The second kappa shape index (κ2) is 8.64. The zero-order valence-corrected chi connectivity index (χ0v) is 22.1. The molecule has 0 unspecified atom stereocenters. The molecule has 0 amide bonds. The number of para-hydroxylation sites is 4. The summed E-state index contributed by atoms with van der Waals surface area (Å²) in [5, 5.41) is 2.04. The Labute approximate surface area is 230 Å². The molecular weight excluding hydrogens is 494 g/mol. The van der Waals surface area contributed by atoms with E-state index >= 15 is 0 Å². The van der Waals surface area contributed by atoms with E-state index in [0.717, 1.165) is 72.4 Å². The number of rotatable bonds is 4. The van der Waals surface area contributed by atoms with Crippen molar-refractivity contribution in [2.24, 2.45) is 0 Å². The van der Waals surface area contributed by atoms with E-state index in [2.05, 4.69) is 77.4 Å². The Balaban J connectivity index is 1.27. The lowest BCUT2D eigenvalue weighted by molar-refractivity contribution is 0.483. The van der Waals surface area contributed by atoms with Gasteiger partial charge in [-0.3, -0.25) is 9.38 Å². The van der Waals surface area contributed by atoms with Crippen molar-refractivity contribution >= 4 is 49.5 Å². The molecule has 8 rings (SSSR count). The molecule has 0 radical (unpaired) electrons. The standard InChI is InChI=1S/C34H25N5O/c1-21(2)38-29-13-5-3-11-27(29)36-33(38)22-9-7-10-23(19-22)40-24-16-17-25-26(20-24)34-37-28-12-4-6-14-30(28)39(34)31-15-8-18-35-32(25)31/h3-21H,1-2H3. The molecule has 0 N–H and O–H groups in total. The van der Waals surface area contributed by atoms with Gasteiger partial charge in [0.05, 0.1) is 33.1 Å². The first kappa shape index (κ1) is 22.7. The van der Waals surface area contributed by atoms with Crippen molar-refractivity contribution in [2.75, 3.05) is 0 Å². The summed E-state index contributed by atoms with van der Waals surface area (Å²) in [7, 11) is 0. The first-order valence-electron chi connectivity index (χ1n) is 13.5. The molecule has 40 heavy (non-hydrogen) atoms. The normalized spacial score (nSPS) is 12.0. The van der Waals surface area contributed by atoms with E-state index in [0.29, 0.717) is 0 Å². The smallest absolute Gasteiger partial charge is 0.146 e. The molecule has 4 heterocycles. The van der Waals surface area contributed by atoms with Crippen molar-refractivity contribution in [2.45, 2.75) is 19.9 Å². The highest BCUT2D eigenvalue weighted by atomic mass is 16.5. The quantitative estimate of drug-likeness (QED) is 0.219. The lowest BCUT2D eigenvalue weighted by Crippen LogP contribution is -2.03. The van der Waals surface area contributed by atoms with Gasteiger partial charge in [-0.15, -0.1) is 0 Å². The van der Waals surface area contributed by atoms with E-state index in [4.69, 9.17) is 19.7 Å². The summed E-state index contributed by atoms with van der Waals surface area (Å²) in [6, 6.07) is 35.1. The first-order chi connectivity index (χ1) is 19.7. The fraction of sp³-hybridized carbons (Fsp3) is 0.0882. The van der Waals surface area contributed by atoms with Crippen molar-refractivity contribution < 1.29 is 4.74 Å². The molecule has 0 saturated heterocycles. The van der Waals surface area contributed by atoms with Crippen molar-refractivity contribution in [1.29, 1.82) is 0 Å². The summed E-state index contributed by atoms with van der Waals surface area (Å²) < 4.78 is 10.9. The minimum atomic E-state index is 0.267. The van der Waals surface area contributed by atoms with Gasteiger partial charge in [-0.2, -0.15) is 0 Å². The maximum Gasteiger partial charge on any atom is 0.146 e. The average molecular weight is 520 g/mol. The van der Waals surface area contributed by atoms with E-state index < -0.39 is 0 Å². The number of imidazole rings is 2. The zero-order chi connectivity index (χ0) is 26.8. The van der Waals surface area contributed by atoms with Crippen LogP contribution in [-0.2, 0) is 0 Å². The topological polar surface area (TPSA) is 57.2 Å². The van der Waals surface area contributed by atoms with Gasteiger partial charge in [-0.25, -0.2) is 9.97 Å². The summed E-state index contributed by atoms with van der Waals surface area (Å²) in [6.07, 6.45) is 1.84. The number of ether oxygens (including phenoxy) is 1. The molecule has 0 atom stereocenters. The number of pyridine rings is 2. The van der Waals surface area contributed by atoms with Crippen LogP contribution in [0, 0.1) is 0 Å². The van der Waals surface area contributed by atoms with Crippen LogP contribution in [0.15, 0.2) is 109 Å². The molecule has 192 valence electrons. The van der Waals surface area contributed by atoms with Crippen molar-refractivity contribution in [3.63, 3.8) is 0 Å². The number of nitrogens with zero attached hydrogens (tertiary/aromatic N) is 5. The second-order valence-electron chi connectivity index (χ2n) is 10.4. The highest BCUT2D eigenvalue weighted by Crippen LogP contribution is 2.36. The summed E-state index contributed by atoms with van der Waals surface area (Å²) >= 11 is 0. The van der Waals surface area contributed by atoms with Gasteiger partial charge >= 0.3 is 0 Å². The van der Waals surface area contributed by atoms with Crippen LogP contribution < -0.4 is 4.74 Å². The molecule has 6 nitrogen and oxygen atoms in total. The Bertz CT molecular complexity index is 2240. The Morgan fingerprint density at radius 3 is 2.25 bits per heavy atom. The molecule has 0 spiro atoms. The maximum atomic E-state index is 6.46. The molecule has 0 aliphatic carbocycles. The van der Waals surface area contributed by atoms with E-state index in [1.807, 2.05) is 54.7 Å². The van der Waals surface area contributed by atoms with Crippen LogP contribution in [0.25, 0.3) is 60.9 Å². The molecule has 0 saturated carbocycles. The number of hydrogen-bond acceptors (Lipinski definition) is 4. The van der Waals surface area contributed by atoms with Crippen molar-refractivity contribution in [3.05, 3.63) is 109 Å². The predicted octanol–water partition coefficient (Wildman–Crippen LogP) is 8.58. The molecule has 0 bridgehead atoms. The van der Waals surface area contributed by atoms with Gasteiger partial charge in [0.1, 0.15) is 23.0 Å². The lowest BCUT2D eigenvalue weighted by Gasteiger charge is -2.14. The van der Waals surface area contributed by atoms with E-state index in [-0.39, 0.29) is 6.04 Å². The Hall–Kier alpha value is -5.23. The largest absolute Gasteiger partial charge is 0.457 e. The van der Waals surface area contributed by atoms with Gasteiger partial charge in [-0.05, 0) is 80.6 Å². The monoisotopic (exact) mass is 519 g/mol. The maximum absolute atomic E-state index is 6.46. The van der Waals surface area contributed by atoms with Crippen LogP contribution >= 0.6 is 0 Å². The summed E-state index contributed by atoms with van der Waals surface area (Å²) in [5.41, 5.74) is 8.01. The third-order valence-corrected chi connectivity index (χ3v) is 7.52. The molecule has 6 heteroatoms. The summed E-state index contributed by atoms with van der Waals surface area (Å²) in [5.74, 6) is 2.43. The second-order valence-corrected chi connectivity index (χ2v) is 10.4. The van der Waals surface area contributed by atoms with Gasteiger partial charge in [0.2, 0.25) is 0 Å². The molecular formula is C34H25N5O. The highest BCUT2D eigenvalue weighted by molar-refractivity contribution is 6.12. The number of hydrogen-bond donors (Lipinski definition) is 0. The minimum absolute atomic E-state index is 0.267. The number of fused-ring (bicyclic) bond motifs is 9. The van der Waals surface area contributed by atoms with Gasteiger partial charge in [0.15, 0.2) is 0 Å². The third-order valence-electron chi connectivity index (χ3n) is 7.52. The molecule has 0 aliphatic rings. The molecule has 0 aliphatic heterocycles. The summed E-state index contributed by atoms with van der Waals surface area (Å²) in [6.45, 7) is 4.37. The Kier molecular flexibility index (Phi) is 4.91. The van der Waals surface area contributed by atoms with E-state index in [1.165, 1.54) is 0 Å². The van der Waals surface area contributed by atoms with Crippen LogP contribution in [-0.4, -0.2) is 23.9 Å². The zero-order valence-electron chi connectivity index (χ0n) is 22.1. The van der Waals surface area contributed by atoms with Gasteiger partial charge in [-0.1, -0.05) is 36.4 Å². The molecule has 0 fully saturated rings. The first-order valence-corrected chi connectivity index (χ1v) is 13.5. The van der Waals surface area contributed by atoms with Crippen molar-refractivity contribution in [3.8, 4) is 22.9 Å². The molecule has 4 aromatic heterocycles. The Morgan fingerprint density at radius 2 is 1.40 bits per heavy atom. The van der Waals surface area contributed by atoms with Crippen LogP contribution in [0.4, 0.5) is 0 Å². The average Bonchev–Trinajstić information content (AvgIpc) is 3.57. The third kappa shape index (κ3) is 3.39. The van der Waals surface area contributed by atoms with Crippen LogP contribution in [0.3, 0.4) is 0 Å². The van der Waals surface area contributed by atoms with Crippen LogP contribution in [0.2, 0.25) is 0 Å². The molecule has 8 aromatic rings. The Morgan fingerprint density at radius 1 is 0.650 bits per heavy atom. The van der Waals surface area contributed by atoms with Crippen LogP contribution in [0.1, 0.15) is 19.9 Å². The lowest BCUT2D eigenvalue weighted by atomic mass is 10.1. The minimum Gasteiger partial charge on any atom is -0.457 e. The van der Waals surface area contributed by atoms with Crippen molar-refractivity contribution in [1.82, 2.24) is 23.9 Å². The molecule has 4 aromatic carbocycles. The fourth-order valence-corrected chi connectivity index (χ4v) is 5.82. The fourth-order valence-electron chi connectivity index (χ4n) is 5.82. The number of benzene rings is 4. The number of aromatic nitrogens is 5. The van der Waals surface area contributed by atoms with Gasteiger partial charge in [0.25, 0.3) is 0 Å².